The highest BCUT2D eigenvalue weighted by Gasteiger charge is 2.26. The summed E-state index contributed by atoms with van der Waals surface area (Å²) in [6, 6.07) is 8.21. The van der Waals surface area contributed by atoms with Gasteiger partial charge >= 0.3 is 0 Å². The van der Waals surface area contributed by atoms with Crippen molar-refractivity contribution in [3.8, 4) is 0 Å². The SMILES string of the molecule is Cc1cccc(NC(C)(CO)C(C)C)c1. The Morgan fingerprint density at radius 1 is 1.40 bits per heavy atom. The van der Waals surface area contributed by atoms with Crippen molar-refractivity contribution >= 4 is 5.69 Å². The van der Waals surface area contributed by atoms with Gasteiger partial charge < -0.3 is 10.4 Å². The molecular formula is C13H21NO. The maximum Gasteiger partial charge on any atom is 0.0661 e. The molecule has 0 aliphatic heterocycles. The lowest BCUT2D eigenvalue weighted by atomic mass is 9.89. The van der Waals surface area contributed by atoms with Crippen LogP contribution in [0.4, 0.5) is 5.69 Å². The molecule has 0 fully saturated rings. The van der Waals surface area contributed by atoms with Crippen molar-refractivity contribution in [2.45, 2.75) is 33.2 Å². The fourth-order valence-corrected chi connectivity index (χ4v) is 1.42. The maximum atomic E-state index is 9.42. The summed E-state index contributed by atoms with van der Waals surface area (Å²) in [5, 5.41) is 12.8. The molecule has 0 saturated carbocycles. The Kier molecular flexibility index (Phi) is 3.75. The van der Waals surface area contributed by atoms with Gasteiger partial charge in [-0.05, 0) is 37.5 Å². The van der Waals surface area contributed by atoms with Gasteiger partial charge in [-0.3, -0.25) is 0 Å². The summed E-state index contributed by atoms with van der Waals surface area (Å²) in [4.78, 5) is 0. The fourth-order valence-electron chi connectivity index (χ4n) is 1.42. The average molecular weight is 207 g/mol. The molecule has 1 atom stereocenters. The molecule has 2 N–H and O–H groups in total. The van der Waals surface area contributed by atoms with Crippen molar-refractivity contribution in [2.75, 3.05) is 11.9 Å². The molecule has 0 radical (unpaired) electrons. The first-order valence-electron chi connectivity index (χ1n) is 5.43. The molecule has 15 heavy (non-hydrogen) atoms. The zero-order valence-electron chi connectivity index (χ0n) is 10.0. The van der Waals surface area contributed by atoms with E-state index in [1.807, 2.05) is 19.1 Å². The second kappa shape index (κ2) is 4.67. The normalized spacial score (nSPS) is 15.1. The third-order valence-electron chi connectivity index (χ3n) is 3.05. The van der Waals surface area contributed by atoms with Crippen molar-refractivity contribution in [2.24, 2.45) is 5.92 Å². The first-order chi connectivity index (χ1) is 6.98. The second-order valence-electron chi connectivity index (χ2n) is 4.72. The van der Waals surface area contributed by atoms with Crippen LogP contribution in [-0.2, 0) is 0 Å². The predicted octanol–water partition coefficient (Wildman–Crippen LogP) is 2.81. The highest BCUT2D eigenvalue weighted by Crippen LogP contribution is 2.22. The van der Waals surface area contributed by atoms with E-state index in [0.29, 0.717) is 5.92 Å². The van der Waals surface area contributed by atoms with Crippen LogP contribution in [0.1, 0.15) is 26.3 Å². The lowest BCUT2D eigenvalue weighted by molar-refractivity contribution is 0.186. The lowest BCUT2D eigenvalue weighted by Crippen LogP contribution is -2.43. The highest BCUT2D eigenvalue weighted by molar-refractivity contribution is 5.47. The van der Waals surface area contributed by atoms with Crippen LogP contribution in [0.3, 0.4) is 0 Å². The number of hydrogen-bond acceptors (Lipinski definition) is 2. The molecule has 1 rings (SSSR count). The zero-order valence-corrected chi connectivity index (χ0v) is 10.0. The van der Waals surface area contributed by atoms with Gasteiger partial charge in [0, 0.05) is 5.69 Å². The molecule has 0 saturated heterocycles. The van der Waals surface area contributed by atoms with E-state index in [1.165, 1.54) is 5.56 Å². The third-order valence-corrected chi connectivity index (χ3v) is 3.05. The van der Waals surface area contributed by atoms with Gasteiger partial charge in [-0.2, -0.15) is 0 Å². The van der Waals surface area contributed by atoms with Crippen LogP contribution in [0.5, 0.6) is 0 Å². The maximum absolute atomic E-state index is 9.42. The Morgan fingerprint density at radius 3 is 2.53 bits per heavy atom. The average Bonchev–Trinajstić information content (AvgIpc) is 2.17. The Hall–Kier alpha value is -1.02. The van der Waals surface area contributed by atoms with Crippen molar-refractivity contribution < 1.29 is 5.11 Å². The number of rotatable bonds is 4. The third kappa shape index (κ3) is 2.96. The standard InChI is InChI=1S/C13H21NO/c1-10(2)13(4,9-15)14-12-7-5-6-11(3)8-12/h5-8,10,14-15H,9H2,1-4H3. The topological polar surface area (TPSA) is 32.3 Å². The molecule has 0 bridgehead atoms. The largest absolute Gasteiger partial charge is 0.394 e. The second-order valence-corrected chi connectivity index (χ2v) is 4.72. The molecular weight excluding hydrogens is 186 g/mol. The lowest BCUT2D eigenvalue weighted by Gasteiger charge is -2.34. The van der Waals surface area contributed by atoms with Crippen LogP contribution in [0.25, 0.3) is 0 Å². The molecule has 0 heterocycles. The van der Waals surface area contributed by atoms with Gasteiger partial charge in [0.15, 0.2) is 0 Å². The van der Waals surface area contributed by atoms with Crippen LogP contribution >= 0.6 is 0 Å². The number of benzene rings is 1. The van der Waals surface area contributed by atoms with Crippen LogP contribution in [0.2, 0.25) is 0 Å². The van der Waals surface area contributed by atoms with E-state index >= 15 is 0 Å². The predicted molar refractivity (Wildman–Crippen MR) is 65.1 cm³/mol. The van der Waals surface area contributed by atoms with E-state index in [9.17, 15) is 5.11 Å². The summed E-state index contributed by atoms with van der Waals surface area (Å²) in [5.74, 6) is 0.378. The molecule has 2 heteroatoms. The first kappa shape index (κ1) is 12.1. The molecule has 1 aromatic carbocycles. The molecule has 0 aliphatic carbocycles. The minimum absolute atomic E-state index is 0.138. The van der Waals surface area contributed by atoms with E-state index < -0.39 is 0 Å². The molecule has 0 amide bonds. The van der Waals surface area contributed by atoms with E-state index in [4.69, 9.17) is 0 Å². The summed E-state index contributed by atoms with van der Waals surface area (Å²) in [6.07, 6.45) is 0. The summed E-state index contributed by atoms with van der Waals surface area (Å²) >= 11 is 0. The van der Waals surface area contributed by atoms with Gasteiger partial charge in [0.05, 0.1) is 12.1 Å². The Labute approximate surface area is 92.3 Å². The molecule has 84 valence electrons. The van der Waals surface area contributed by atoms with E-state index in [-0.39, 0.29) is 12.1 Å². The van der Waals surface area contributed by atoms with Crippen LogP contribution in [0.15, 0.2) is 24.3 Å². The van der Waals surface area contributed by atoms with Gasteiger partial charge in [-0.1, -0.05) is 26.0 Å². The minimum atomic E-state index is -0.256. The molecule has 1 unspecified atom stereocenters. The molecule has 2 nitrogen and oxygen atoms in total. The minimum Gasteiger partial charge on any atom is -0.394 e. The quantitative estimate of drug-likeness (QED) is 0.795. The van der Waals surface area contributed by atoms with Crippen LogP contribution < -0.4 is 5.32 Å². The van der Waals surface area contributed by atoms with Gasteiger partial charge in [0.25, 0.3) is 0 Å². The van der Waals surface area contributed by atoms with Crippen LogP contribution in [-0.4, -0.2) is 17.3 Å². The van der Waals surface area contributed by atoms with Gasteiger partial charge in [0.1, 0.15) is 0 Å². The van der Waals surface area contributed by atoms with Gasteiger partial charge in [0.2, 0.25) is 0 Å². The number of hydrogen-bond donors (Lipinski definition) is 2. The Morgan fingerprint density at radius 2 is 2.07 bits per heavy atom. The summed E-state index contributed by atoms with van der Waals surface area (Å²) in [7, 11) is 0. The number of nitrogens with one attached hydrogen (secondary N) is 1. The zero-order chi connectivity index (χ0) is 11.5. The number of aliphatic hydroxyl groups is 1. The van der Waals surface area contributed by atoms with Crippen molar-refractivity contribution in [3.63, 3.8) is 0 Å². The Balaban J connectivity index is 2.84. The van der Waals surface area contributed by atoms with E-state index in [1.54, 1.807) is 0 Å². The molecule has 0 aromatic heterocycles. The summed E-state index contributed by atoms with van der Waals surface area (Å²) in [5.41, 5.74) is 2.04. The van der Waals surface area contributed by atoms with Gasteiger partial charge in [-0.25, -0.2) is 0 Å². The first-order valence-corrected chi connectivity index (χ1v) is 5.43. The van der Waals surface area contributed by atoms with E-state index in [0.717, 1.165) is 5.69 Å². The number of anilines is 1. The highest BCUT2D eigenvalue weighted by atomic mass is 16.3. The number of aliphatic hydroxyl groups excluding tert-OH is 1. The van der Waals surface area contributed by atoms with Gasteiger partial charge in [-0.15, -0.1) is 0 Å². The molecule has 0 spiro atoms. The fraction of sp³-hybridized carbons (Fsp3) is 0.538. The van der Waals surface area contributed by atoms with Crippen LogP contribution in [0, 0.1) is 12.8 Å². The smallest absolute Gasteiger partial charge is 0.0661 e. The number of aryl methyl sites for hydroxylation is 1. The summed E-state index contributed by atoms with van der Waals surface area (Å²) in [6.45, 7) is 8.47. The monoisotopic (exact) mass is 207 g/mol. The van der Waals surface area contributed by atoms with E-state index in [2.05, 4.69) is 38.2 Å². The molecule has 1 aromatic rings. The summed E-state index contributed by atoms with van der Waals surface area (Å²) < 4.78 is 0. The van der Waals surface area contributed by atoms with Crippen molar-refractivity contribution in [1.29, 1.82) is 0 Å². The molecule has 0 aliphatic rings. The Bertz CT molecular complexity index is 322. The van der Waals surface area contributed by atoms with Crippen molar-refractivity contribution in [3.05, 3.63) is 29.8 Å². The van der Waals surface area contributed by atoms with Crippen molar-refractivity contribution in [1.82, 2.24) is 0 Å².